The fourth-order valence-electron chi connectivity index (χ4n) is 3.73. The molecule has 0 spiro atoms. The van der Waals surface area contributed by atoms with Gasteiger partial charge in [0.1, 0.15) is 0 Å². The fourth-order valence-corrected chi connectivity index (χ4v) is 3.73. The smallest absolute Gasteiger partial charge is 0.163 e. The van der Waals surface area contributed by atoms with Crippen LogP contribution in [-0.2, 0) is 4.79 Å². The van der Waals surface area contributed by atoms with E-state index in [0.29, 0.717) is 13.0 Å². The number of likely N-dealkylation sites (tertiary alicyclic amines) is 1. The summed E-state index contributed by atoms with van der Waals surface area (Å²) in [5.74, 6) is -0.501. The predicted octanol–water partition coefficient (Wildman–Crippen LogP) is 4.67. The molecule has 1 heterocycles. The first kappa shape index (κ1) is 21.2. The summed E-state index contributed by atoms with van der Waals surface area (Å²) in [6, 6.07) is 16.2. The van der Waals surface area contributed by atoms with Crippen LogP contribution < -0.4 is 0 Å². The molecule has 1 aliphatic heterocycles. The van der Waals surface area contributed by atoms with Crippen molar-refractivity contribution in [2.45, 2.75) is 32.8 Å². The normalized spacial score (nSPS) is 23.1. The van der Waals surface area contributed by atoms with E-state index in [-0.39, 0.29) is 5.78 Å². The van der Waals surface area contributed by atoms with E-state index in [9.17, 15) is 9.90 Å². The number of piperidine rings is 1. The second kappa shape index (κ2) is 9.34. The van der Waals surface area contributed by atoms with Gasteiger partial charge in [-0.15, -0.1) is 0 Å². The van der Waals surface area contributed by atoms with Gasteiger partial charge < -0.3 is 10.0 Å². The van der Waals surface area contributed by atoms with Crippen LogP contribution in [0.3, 0.4) is 0 Å². The van der Waals surface area contributed by atoms with Crippen LogP contribution in [0.5, 0.6) is 0 Å². The van der Waals surface area contributed by atoms with Crippen molar-refractivity contribution < 1.29 is 9.90 Å². The van der Waals surface area contributed by atoms with E-state index >= 15 is 0 Å². The second-order valence-corrected chi connectivity index (χ2v) is 8.08. The molecule has 3 rings (SSSR count). The van der Waals surface area contributed by atoms with Crippen LogP contribution in [0.4, 0.5) is 0 Å². The molecular weight excluding hydrogens is 358 g/mol. The van der Waals surface area contributed by atoms with E-state index in [2.05, 4.69) is 30.9 Å². The van der Waals surface area contributed by atoms with Gasteiger partial charge >= 0.3 is 0 Å². The Morgan fingerprint density at radius 2 is 1.59 bits per heavy atom. The molecule has 0 radical (unpaired) electrons. The third-order valence-electron chi connectivity index (χ3n) is 5.82. The molecule has 152 valence electrons. The van der Waals surface area contributed by atoms with E-state index in [1.807, 2.05) is 61.5 Å². The van der Waals surface area contributed by atoms with Gasteiger partial charge in [0, 0.05) is 13.1 Å². The maximum atomic E-state index is 13.1. The highest BCUT2D eigenvalue weighted by Gasteiger charge is 2.42. The lowest BCUT2D eigenvalue weighted by Crippen LogP contribution is -2.53. The molecule has 29 heavy (non-hydrogen) atoms. The van der Waals surface area contributed by atoms with E-state index in [4.69, 9.17) is 0 Å². The lowest BCUT2D eigenvalue weighted by Gasteiger charge is -2.41. The molecule has 2 atom stereocenters. The van der Waals surface area contributed by atoms with Crippen LogP contribution in [-0.4, -0.2) is 41.0 Å². The monoisotopic (exact) mass is 389 g/mol. The predicted molar refractivity (Wildman–Crippen MR) is 121 cm³/mol. The molecule has 0 amide bonds. The second-order valence-electron chi connectivity index (χ2n) is 8.08. The lowest BCUT2D eigenvalue weighted by atomic mass is 9.77. The zero-order chi connectivity index (χ0) is 20.9. The molecule has 0 unspecified atom stereocenters. The lowest BCUT2D eigenvalue weighted by molar-refractivity contribution is -0.129. The Hall–Kier alpha value is -2.49. The quantitative estimate of drug-likeness (QED) is 0.730. The summed E-state index contributed by atoms with van der Waals surface area (Å²) < 4.78 is 0. The number of aryl methyl sites for hydroxylation is 2. The first-order chi connectivity index (χ1) is 13.9. The van der Waals surface area contributed by atoms with E-state index < -0.39 is 11.5 Å². The van der Waals surface area contributed by atoms with E-state index in [1.165, 1.54) is 11.1 Å². The van der Waals surface area contributed by atoms with Crippen molar-refractivity contribution >= 4 is 17.9 Å². The van der Waals surface area contributed by atoms with Gasteiger partial charge in [-0.3, -0.25) is 4.79 Å². The summed E-state index contributed by atoms with van der Waals surface area (Å²) in [6.07, 6.45) is 7.78. The summed E-state index contributed by atoms with van der Waals surface area (Å²) in [6.45, 7) is 8.43. The van der Waals surface area contributed by atoms with E-state index in [1.54, 1.807) is 6.08 Å². The van der Waals surface area contributed by atoms with Gasteiger partial charge in [0.25, 0.3) is 0 Å². The highest BCUT2D eigenvalue weighted by atomic mass is 16.3. The third-order valence-corrected chi connectivity index (χ3v) is 5.82. The first-order valence-corrected chi connectivity index (χ1v) is 10.4. The molecule has 0 bridgehead atoms. The number of carbonyl (C=O) groups excluding carboxylic acids is 1. The van der Waals surface area contributed by atoms with Gasteiger partial charge in [0.15, 0.2) is 5.78 Å². The molecule has 1 aliphatic rings. The van der Waals surface area contributed by atoms with Gasteiger partial charge in [0.2, 0.25) is 0 Å². The van der Waals surface area contributed by atoms with Gasteiger partial charge in [-0.05, 0) is 44.0 Å². The molecule has 2 aromatic rings. The molecule has 2 aromatic carbocycles. The summed E-state index contributed by atoms with van der Waals surface area (Å²) >= 11 is 0. The number of hydrogen-bond donors (Lipinski definition) is 1. The molecule has 1 N–H and O–H groups in total. The van der Waals surface area contributed by atoms with Crippen molar-refractivity contribution in [3.8, 4) is 0 Å². The highest BCUT2D eigenvalue weighted by Crippen LogP contribution is 2.31. The molecule has 0 saturated carbocycles. The molecular formula is C26H31NO2. The maximum absolute atomic E-state index is 13.1. The topological polar surface area (TPSA) is 40.5 Å². The van der Waals surface area contributed by atoms with Crippen molar-refractivity contribution in [3.63, 3.8) is 0 Å². The van der Waals surface area contributed by atoms with Gasteiger partial charge in [-0.1, -0.05) is 84.8 Å². The Morgan fingerprint density at radius 3 is 2.14 bits per heavy atom. The van der Waals surface area contributed by atoms with Crippen molar-refractivity contribution in [1.29, 1.82) is 0 Å². The zero-order valence-corrected chi connectivity index (χ0v) is 17.6. The number of allylic oxidation sites excluding steroid dienone is 1. The Morgan fingerprint density at radius 1 is 1.03 bits per heavy atom. The number of rotatable bonds is 6. The summed E-state index contributed by atoms with van der Waals surface area (Å²) in [5.41, 5.74) is 3.28. The minimum atomic E-state index is -1.13. The minimum absolute atomic E-state index is 0.0280. The summed E-state index contributed by atoms with van der Waals surface area (Å²) in [4.78, 5) is 15.3. The third kappa shape index (κ3) is 5.53. The summed E-state index contributed by atoms with van der Waals surface area (Å²) in [5, 5.41) is 11.4. The molecule has 0 aliphatic carbocycles. The Kier molecular flexibility index (Phi) is 6.83. The number of nitrogens with zero attached hydrogens (tertiary/aromatic N) is 1. The van der Waals surface area contributed by atoms with Crippen LogP contribution in [0.15, 0.2) is 60.7 Å². The molecule has 1 fully saturated rings. The van der Waals surface area contributed by atoms with Crippen molar-refractivity contribution in [1.82, 2.24) is 4.90 Å². The standard InChI is InChI=1S/C26H31NO2/c1-4-27-18-17-26(29,16-15-23-11-7-21(3)8-12-23)24(19-27)25(28)14-13-22-9-5-20(2)6-10-22/h5-16,24,29H,4,17-19H2,1-3H3/b14-13+,16-15-/t24-,26+/m0/s1. The van der Waals surface area contributed by atoms with Gasteiger partial charge in [-0.2, -0.15) is 0 Å². The molecule has 1 saturated heterocycles. The van der Waals surface area contributed by atoms with Crippen molar-refractivity contribution in [2.24, 2.45) is 5.92 Å². The van der Waals surface area contributed by atoms with E-state index in [0.717, 1.165) is 24.2 Å². The van der Waals surface area contributed by atoms with Crippen LogP contribution in [0.2, 0.25) is 0 Å². The van der Waals surface area contributed by atoms with Crippen molar-refractivity contribution in [2.75, 3.05) is 19.6 Å². The van der Waals surface area contributed by atoms with Crippen LogP contribution in [0.1, 0.15) is 35.6 Å². The van der Waals surface area contributed by atoms with Crippen molar-refractivity contribution in [3.05, 3.63) is 82.9 Å². The molecule has 0 aromatic heterocycles. The Balaban J connectivity index is 1.81. The Bertz CT molecular complexity index is 880. The SMILES string of the molecule is CCN1CC[C@](O)(/C=C\c2ccc(C)cc2)[C@H](C(=O)/C=C/c2ccc(C)cc2)C1. The molecule has 3 nitrogen and oxygen atoms in total. The van der Waals surface area contributed by atoms with Gasteiger partial charge in [0.05, 0.1) is 11.5 Å². The van der Waals surface area contributed by atoms with Crippen LogP contribution in [0, 0.1) is 19.8 Å². The molecule has 3 heteroatoms. The fraction of sp³-hybridized carbons (Fsp3) is 0.346. The average molecular weight is 390 g/mol. The zero-order valence-electron chi connectivity index (χ0n) is 17.6. The average Bonchev–Trinajstić information content (AvgIpc) is 2.73. The van der Waals surface area contributed by atoms with Gasteiger partial charge in [-0.25, -0.2) is 0 Å². The number of ketones is 1. The maximum Gasteiger partial charge on any atom is 0.163 e. The minimum Gasteiger partial charge on any atom is -0.385 e. The largest absolute Gasteiger partial charge is 0.385 e. The highest BCUT2D eigenvalue weighted by molar-refractivity contribution is 5.96. The number of hydrogen-bond acceptors (Lipinski definition) is 3. The number of benzene rings is 2. The number of carbonyl (C=O) groups is 1. The van der Waals surface area contributed by atoms with Crippen LogP contribution >= 0.6 is 0 Å². The van der Waals surface area contributed by atoms with Crippen LogP contribution in [0.25, 0.3) is 12.2 Å². The summed E-state index contributed by atoms with van der Waals surface area (Å²) in [7, 11) is 0. The number of aliphatic hydroxyl groups is 1. The Labute approximate surface area is 174 Å². The first-order valence-electron chi connectivity index (χ1n) is 10.4.